The summed E-state index contributed by atoms with van der Waals surface area (Å²) in [4.78, 5) is 12.2. The number of alkyl halides is 3. The number of rotatable bonds is 5. The molecule has 0 aromatic heterocycles. The molecule has 0 saturated carbocycles. The molecule has 0 aliphatic carbocycles. The van der Waals surface area contributed by atoms with Gasteiger partial charge in [-0.25, -0.2) is 0 Å². The van der Waals surface area contributed by atoms with Gasteiger partial charge in [-0.15, -0.1) is 13.2 Å². The van der Waals surface area contributed by atoms with E-state index in [-0.39, 0.29) is 5.69 Å². The summed E-state index contributed by atoms with van der Waals surface area (Å²) in [6.45, 7) is 0. The van der Waals surface area contributed by atoms with Gasteiger partial charge in [0.2, 0.25) is 0 Å². The summed E-state index contributed by atoms with van der Waals surface area (Å²) in [6, 6.07) is 13.8. The van der Waals surface area contributed by atoms with Crippen molar-refractivity contribution in [2.24, 2.45) is 0 Å². The lowest BCUT2D eigenvalue weighted by atomic mass is 10.1. The van der Waals surface area contributed by atoms with Gasteiger partial charge in [-0.1, -0.05) is 36.4 Å². The molecule has 0 bridgehead atoms. The Bertz CT molecular complexity index is 659. The molecule has 23 heavy (non-hydrogen) atoms. The smallest absolute Gasteiger partial charge is 0.406 e. The van der Waals surface area contributed by atoms with E-state index in [9.17, 15) is 18.0 Å². The molecular weight excluding hydrogens is 311 g/mol. The molecule has 0 saturated heterocycles. The molecule has 1 unspecified atom stereocenters. The Labute approximate surface area is 130 Å². The van der Waals surface area contributed by atoms with E-state index in [1.54, 1.807) is 30.3 Å². The molecule has 0 aliphatic rings. The molecular formula is C16H14F3NO3. The molecule has 0 aliphatic heterocycles. The van der Waals surface area contributed by atoms with Crippen molar-refractivity contribution >= 4 is 11.6 Å². The molecule has 2 rings (SSSR count). The van der Waals surface area contributed by atoms with E-state index in [1.165, 1.54) is 19.2 Å². The van der Waals surface area contributed by atoms with Gasteiger partial charge in [-0.3, -0.25) is 4.79 Å². The molecule has 0 fully saturated rings. The molecule has 7 heteroatoms. The highest BCUT2D eigenvalue weighted by Gasteiger charge is 2.31. The molecule has 122 valence electrons. The lowest BCUT2D eigenvalue weighted by Gasteiger charge is -2.16. The Morgan fingerprint density at radius 2 is 1.78 bits per heavy atom. The van der Waals surface area contributed by atoms with Gasteiger partial charge in [0, 0.05) is 18.9 Å². The van der Waals surface area contributed by atoms with Gasteiger partial charge in [-0.05, 0) is 17.7 Å². The molecule has 0 heterocycles. The summed E-state index contributed by atoms with van der Waals surface area (Å²) in [6.07, 6.45) is -5.66. The molecule has 1 N–H and O–H groups in total. The first-order chi connectivity index (χ1) is 10.9. The normalized spacial score (nSPS) is 12.5. The van der Waals surface area contributed by atoms with Crippen molar-refractivity contribution in [1.82, 2.24) is 0 Å². The van der Waals surface area contributed by atoms with Gasteiger partial charge >= 0.3 is 6.36 Å². The van der Waals surface area contributed by atoms with Gasteiger partial charge in [-0.2, -0.15) is 0 Å². The minimum atomic E-state index is -4.79. The maximum atomic E-state index is 12.2. The number of hydrogen-bond donors (Lipinski definition) is 1. The van der Waals surface area contributed by atoms with Crippen LogP contribution in [0.15, 0.2) is 54.6 Å². The van der Waals surface area contributed by atoms with E-state index < -0.39 is 24.1 Å². The van der Waals surface area contributed by atoms with Crippen LogP contribution in [0, 0.1) is 0 Å². The van der Waals surface area contributed by atoms with Crippen LogP contribution in [-0.2, 0) is 9.53 Å². The highest BCUT2D eigenvalue weighted by Crippen LogP contribution is 2.26. The second-order valence-electron chi connectivity index (χ2n) is 4.59. The highest BCUT2D eigenvalue weighted by atomic mass is 19.4. The monoisotopic (exact) mass is 325 g/mol. The number of carbonyl (C=O) groups is 1. The number of hydrogen-bond acceptors (Lipinski definition) is 3. The first-order valence-electron chi connectivity index (χ1n) is 6.63. The highest BCUT2D eigenvalue weighted by molar-refractivity contribution is 5.95. The Kier molecular flexibility index (Phi) is 5.23. The average molecular weight is 325 g/mol. The summed E-state index contributed by atoms with van der Waals surface area (Å²) in [5.41, 5.74) is 0.810. The summed E-state index contributed by atoms with van der Waals surface area (Å²) in [5, 5.41) is 2.51. The average Bonchev–Trinajstić information content (AvgIpc) is 2.47. The summed E-state index contributed by atoms with van der Waals surface area (Å²) in [7, 11) is 1.38. The van der Waals surface area contributed by atoms with Crippen molar-refractivity contribution in [2.75, 3.05) is 12.4 Å². The Morgan fingerprint density at radius 3 is 2.39 bits per heavy atom. The second-order valence-corrected chi connectivity index (χ2v) is 4.59. The van der Waals surface area contributed by atoms with Gasteiger partial charge in [0.05, 0.1) is 0 Å². The van der Waals surface area contributed by atoms with Crippen LogP contribution >= 0.6 is 0 Å². The van der Waals surface area contributed by atoms with Crippen LogP contribution in [0.2, 0.25) is 0 Å². The van der Waals surface area contributed by atoms with Crippen molar-refractivity contribution in [3.05, 3.63) is 60.2 Å². The van der Waals surface area contributed by atoms with Crippen LogP contribution in [-0.4, -0.2) is 19.4 Å². The number of anilines is 1. The molecule has 0 radical (unpaired) electrons. The van der Waals surface area contributed by atoms with Gasteiger partial charge in [0.25, 0.3) is 5.91 Å². The third-order valence-electron chi connectivity index (χ3n) is 2.91. The SMILES string of the molecule is COC(C(=O)Nc1cccc(OC(F)(F)F)c1)c1ccccc1. The van der Waals surface area contributed by atoms with Crippen molar-refractivity contribution in [3.8, 4) is 5.75 Å². The van der Waals surface area contributed by atoms with Gasteiger partial charge < -0.3 is 14.8 Å². The maximum Gasteiger partial charge on any atom is 0.573 e. The third-order valence-corrected chi connectivity index (χ3v) is 2.91. The van der Waals surface area contributed by atoms with Crippen molar-refractivity contribution < 1.29 is 27.4 Å². The third kappa shape index (κ3) is 5.00. The Hall–Kier alpha value is -2.54. The minimum absolute atomic E-state index is 0.176. The number of halogens is 3. The van der Waals surface area contributed by atoms with E-state index in [1.807, 2.05) is 0 Å². The molecule has 4 nitrogen and oxygen atoms in total. The second kappa shape index (κ2) is 7.15. The van der Waals surface area contributed by atoms with E-state index >= 15 is 0 Å². The molecule has 2 aromatic rings. The number of benzene rings is 2. The van der Waals surface area contributed by atoms with E-state index in [0.29, 0.717) is 5.56 Å². The summed E-state index contributed by atoms with van der Waals surface area (Å²) >= 11 is 0. The van der Waals surface area contributed by atoms with E-state index in [4.69, 9.17) is 4.74 Å². The Balaban J connectivity index is 2.12. The molecule has 1 atom stereocenters. The fourth-order valence-corrected chi connectivity index (χ4v) is 2.00. The van der Waals surface area contributed by atoms with Crippen molar-refractivity contribution in [3.63, 3.8) is 0 Å². The van der Waals surface area contributed by atoms with Crippen molar-refractivity contribution in [1.29, 1.82) is 0 Å². The van der Waals surface area contributed by atoms with Crippen molar-refractivity contribution in [2.45, 2.75) is 12.5 Å². The van der Waals surface area contributed by atoms with E-state index in [2.05, 4.69) is 10.1 Å². The predicted molar refractivity (Wildman–Crippen MR) is 77.9 cm³/mol. The van der Waals surface area contributed by atoms with Crippen LogP contribution in [0.5, 0.6) is 5.75 Å². The molecule has 0 spiro atoms. The number of ether oxygens (including phenoxy) is 2. The summed E-state index contributed by atoms with van der Waals surface area (Å²) in [5.74, 6) is -0.910. The zero-order chi connectivity index (χ0) is 16.9. The quantitative estimate of drug-likeness (QED) is 0.906. The van der Waals surface area contributed by atoms with Gasteiger partial charge in [0.15, 0.2) is 6.10 Å². The number of amides is 1. The first kappa shape index (κ1) is 16.8. The minimum Gasteiger partial charge on any atom is -0.406 e. The standard InChI is InChI=1S/C16H14F3NO3/c1-22-14(11-6-3-2-4-7-11)15(21)20-12-8-5-9-13(10-12)23-16(17,18)19/h2-10,14H,1H3,(H,20,21). The number of methoxy groups -OCH3 is 1. The first-order valence-corrected chi connectivity index (χ1v) is 6.63. The lowest BCUT2D eigenvalue weighted by molar-refractivity contribution is -0.274. The zero-order valence-electron chi connectivity index (χ0n) is 12.1. The summed E-state index contributed by atoms with van der Waals surface area (Å²) < 4.78 is 45.6. The van der Waals surface area contributed by atoms with Crippen LogP contribution in [0.25, 0.3) is 0 Å². The van der Waals surface area contributed by atoms with Crippen LogP contribution in [0.3, 0.4) is 0 Å². The topological polar surface area (TPSA) is 47.6 Å². The number of carbonyl (C=O) groups excluding carboxylic acids is 1. The van der Waals surface area contributed by atoms with Crippen LogP contribution in [0.4, 0.5) is 18.9 Å². The largest absolute Gasteiger partial charge is 0.573 e. The fraction of sp³-hybridized carbons (Fsp3) is 0.188. The Morgan fingerprint density at radius 1 is 1.09 bits per heavy atom. The lowest BCUT2D eigenvalue weighted by Crippen LogP contribution is -2.22. The van der Waals surface area contributed by atoms with Crippen LogP contribution < -0.4 is 10.1 Å². The van der Waals surface area contributed by atoms with Crippen LogP contribution in [0.1, 0.15) is 11.7 Å². The number of nitrogens with one attached hydrogen (secondary N) is 1. The zero-order valence-corrected chi connectivity index (χ0v) is 12.1. The van der Waals surface area contributed by atoms with E-state index in [0.717, 1.165) is 12.1 Å². The fourth-order valence-electron chi connectivity index (χ4n) is 2.00. The molecule has 1 amide bonds. The molecule has 2 aromatic carbocycles. The maximum absolute atomic E-state index is 12.2. The van der Waals surface area contributed by atoms with Gasteiger partial charge in [0.1, 0.15) is 5.75 Å². The predicted octanol–water partition coefficient (Wildman–Crippen LogP) is 3.91.